The number of anilines is 1. The van der Waals surface area contributed by atoms with Crippen LogP contribution in [0.1, 0.15) is 19.8 Å². The van der Waals surface area contributed by atoms with E-state index in [1.165, 1.54) is 0 Å². The second kappa shape index (κ2) is 7.56. The molecule has 1 amide bonds. The van der Waals surface area contributed by atoms with E-state index in [1.54, 1.807) is 12.3 Å². The van der Waals surface area contributed by atoms with E-state index in [2.05, 4.69) is 15.6 Å². The number of pyridine rings is 1. The standard InChI is InChI=1S/C12H17N3O.2ClH/c1-12(6-4-7-13-9-12)11(16)15-10-5-2-3-8-14-10;;/h2-3,5,8,13H,4,6-7,9H2,1H3,(H,14,15,16);2*1H. The predicted molar refractivity (Wildman–Crippen MR) is 77.6 cm³/mol. The van der Waals surface area contributed by atoms with Crippen molar-refractivity contribution < 1.29 is 4.79 Å². The second-order valence-corrected chi connectivity index (χ2v) is 4.51. The van der Waals surface area contributed by atoms with Crippen LogP contribution in [0.3, 0.4) is 0 Å². The minimum absolute atomic E-state index is 0. The van der Waals surface area contributed by atoms with Gasteiger partial charge in [0, 0.05) is 12.7 Å². The van der Waals surface area contributed by atoms with E-state index in [0.29, 0.717) is 5.82 Å². The average Bonchev–Trinajstić information content (AvgIpc) is 2.31. The van der Waals surface area contributed by atoms with E-state index >= 15 is 0 Å². The highest BCUT2D eigenvalue weighted by atomic mass is 35.5. The Labute approximate surface area is 120 Å². The third-order valence-corrected chi connectivity index (χ3v) is 3.05. The highest BCUT2D eigenvalue weighted by molar-refractivity contribution is 5.94. The maximum absolute atomic E-state index is 12.1. The molecule has 1 atom stereocenters. The summed E-state index contributed by atoms with van der Waals surface area (Å²) < 4.78 is 0. The van der Waals surface area contributed by atoms with Gasteiger partial charge in [0.05, 0.1) is 5.41 Å². The molecule has 0 saturated carbocycles. The zero-order chi connectivity index (χ0) is 11.4. The second-order valence-electron chi connectivity index (χ2n) is 4.51. The molecule has 4 nitrogen and oxygen atoms in total. The number of piperidine rings is 1. The molecule has 0 bridgehead atoms. The van der Waals surface area contributed by atoms with Crippen molar-refractivity contribution in [2.75, 3.05) is 18.4 Å². The van der Waals surface area contributed by atoms with Gasteiger partial charge in [-0.15, -0.1) is 24.8 Å². The summed E-state index contributed by atoms with van der Waals surface area (Å²) in [6.45, 7) is 3.75. The minimum Gasteiger partial charge on any atom is -0.316 e. The maximum atomic E-state index is 12.1. The summed E-state index contributed by atoms with van der Waals surface area (Å²) in [4.78, 5) is 16.2. The first kappa shape index (κ1) is 17.2. The van der Waals surface area contributed by atoms with Gasteiger partial charge in [0.2, 0.25) is 5.91 Å². The Morgan fingerprint density at radius 3 is 2.78 bits per heavy atom. The van der Waals surface area contributed by atoms with Crippen molar-refractivity contribution in [3.8, 4) is 0 Å². The van der Waals surface area contributed by atoms with Crippen molar-refractivity contribution in [1.29, 1.82) is 0 Å². The molecule has 0 aromatic carbocycles. The number of halogens is 2. The minimum atomic E-state index is -0.310. The van der Waals surface area contributed by atoms with Gasteiger partial charge in [-0.1, -0.05) is 6.07 Å². The first-order valence-electron chi connectivity index (χ1n) is 5.64. The molecule has 1 aliphatic rings. The molecule has 2 N–H and O–H groups in total. The summed E-state index contributed by atoms with van der Waals surface area (Å²) in [6.07, 6.45) is 3.65. The molecule has 1 aliphatic heterocycles. The summed E-state index contributed by atoms with van der Waals surface area (Å²) >= 11 is 0. The lowest BCUT2D eigenvalue weighted by molar-refractivity contribution is -0.125. The van der Waals surface area contributed by atoms with Gasteiger partial charge in [0.1, 0.15) is 5.82 Å². The fourth-order valence-electron chi connectivity index (χ4n) is 1.95. The number of carbonyl (C=O) groups is 1. The van der Waals surface area contributed by atoms with Gasteiger partial charge in [0.15, 0.2) is 0 Å². The lowest BCUT2D eigenvalue weighted by Gasteiger charge is -2.32. The molecule has 0 aliphatic carbocycles. The molecule has 1 aromatic rings. The van der Waals surface area contributed by atoms with Gasteiger partial charge >= 0.3 is 0 Å². The van der Waals surface area contributed by atoms with E-state index in [-0.39, 0.29) is 36.1 Å². The van der Waals surface area contributed by atoms with Crippen molar-refractivity contribution in [1.82, 2.24) is 10.3 Å². The summed E-state index contributed by atoms with van der Waals surface area (Å²) in [6, 6.07) is 5.50. The lowest BCUT2D eigenvalue weighted by Crippen LogP contribution is -2.46. The van der Waals surface area contributed by atoms with Gasteiger partial charge in [-0.25, -0.2) is 4.98 Å². The van der Waals surface area contributed by atoms with Crippen LogP contribution in [-0.4, -0.2) is 24.0 Å². The zero-order valence-electron chi connectivity index (χ0n) is 10.3. The van der Waals surface area contributed by atoms with Crippen LogP contribution in [0, 0.1) is 5.41 Å². The van der Waals surface area contributed by atoms with E-state index in [4.69, 9.17) is 0 Å². The van der Waals surface area contributed by atoms with Crippen LogP contribution in [0.5, 0.6) is 0 Å². The molecular formula is C12H19Cl2N3O. The van der Waals surface area contributed by atoms with Crippen LogP contribution in [0.15, 0.2) is 24.4 Å². The number of hydrogen-bond donors (Lipinski definition) is 2. The Morgan fingerprint density at radius 1 is 1.44 bits per heavy atom. The Hall–Kier alpha value is -0.840. The van der Waals surface area contributed by atoms with Crippen LogP contribution in [0.2, 0.25) is 0 Å². The number of amides is 1. The molecule has 0 radical (unpaired) electrons. The maximum Gasteiger partial charge on any atom is 0.232 e. The molecule has 102 valence electrons. The third kappa shape index (κ3) is 4.12. The molecule has 2 heterocycles. The topological polar surface area (TPSA) is 54.0 Å². The van der Waals surface area contributed by atoms with Crippen molar-refractivity contribution >= 4 is 36.5 Å². The monoisotopic (exact) mass is 291 g/mol. The molecule has 1 saturated heterocycles. The average molecular weight is 292 g/mol. The molecule has 2 rings (SSSR count). The number of nitrogens with one attached hydrogen (secondary N) is 2. The molecule has 1 aromatic heterocycles. The van der Waals surface area contributed by atoms with Crippen molar-refractivity contribution in [3.63, 3.8) is 0 Å². The molecule has 6 heteroatoms. The quantitative estimate of drug-likeness (QED) is 0.879. The van der Waals surface area contributed by atoms with Gasteiger partial charge in [0.25, 0.3) is 0 Å². The largest absolute Gasteiger partial charge is 0.316 e. The Kier molecular flexibility index (Phi) is 7.21. The lowest BCUT2D eigenvalue weighted by atomic mass is 9.82. The molecular weight excluding hydrogens is 273 g/mol. The normalized spacial score (nSPS) is 22.3. The highest BCUT2D eigenvalue weighted by Crippen LogP contribution is 2.26. The molecule has 0 spiro atoms. The van der Waals surface area contributed by atoms with Crippen LogP contribution >= 0.6 is 24.8 Å². The number of aromatic nitrogens is 1. The van der Waals surface area contributed by atoms with E-state index in [0.717, 1.165) is 25.9 Å². The Bertz CT molecular complexity index is 367. The van der Waals surface area contributed by atoms with E-state index < -0.39 is 0 Å². The fraction of sp³-hybridized carbons (Fsp3) is 0.500. The number of rotatable bonds is 2. The van der Waals surface area contributed by atoms with Crippen molar-refractivity contribution in [2.24, 2.45) is 5.41 Å². The van der Waals surface area contributed by atoms with Crippen LogP contribution < -0.4 is 10.6 Å². The zero-order valence-corrected chi connectivity index (χ0v) is 11.9. The summed E-state index contributed by atoms with van der Waals surface area (Å²) in [5.41, 5.74) is -0.310. The number of nitrogens with zero attached hydrogens (tertiary/aromatic N) is 1. The van der Waals surface area contributed by atoms with Gasteiger partial charge in [-0.05, 0) is 38.4 Å². The van der Waals surface area contributed by atoms with Gasteiger partial charge in [-0.2, -0.15) is 0 Å². The third-order valence-electron chi connectivity index (χ3n) is 3.05. The fourth-order valence-corrected chi connectivity index (χ4v) is 1.95. The first-order valence-corrected chi connectivity index (χ1v) is 5.64. The smallest absolute Gasteiger partial charge is 0.232 e. The number of hydrogen-bond acceptors (Lipinski definition) is 3. The van der Waals surface area contributed by atoms with Crippen LogP contribution in [-0.2, 0) is 4.79 Å². The predicted octanol–water partition coefficient (Wildman–Crippen LogP) is 2.25. The van der Waals surface area contributed by atoms with Gasteiger partial charge in [-0.3, -0.25) is 4.79 Å². The van der Waals surface area contributed by atoms with Crippen molar-refractivity contribution in [3.05, 3.63) is 24.4 Å². The first-order chi connectivity index (χ1) is 7.71. The van der Waals surface area contributed by atoms with Crippen LogP contribution in [0.4, 0.5) is 5.82 Å². The molecule has 1 fully saturated rings. The van der Waals surface area contributed by atoms with E-state index in [1.807, 2.05) is 19.1 Å². The highest BCUT2D eigenvalue weighted by Gasteiger charge is 2.34. The van der Waals surface area contributed by atoms with E-state index in [9.17, 15) is 4.79 Å². The van der Waals surface area contributed by atoms with Crippen molar-refractivity contribution in [2.45, 2.75) is 19.8 Å². The Morgan fingerprint density at radius 2 is 2.22 bits per heavy atom. The summed E-state index contributed by atoms with van der Waals surface area (Å²) in [7, 11) is 0. The Balaban J connectivity index is 0.00000144. The molecule has 1 unspecified atom stereocenters. The van der Waals surface area contributed by atoms with Gasteiger partial charge < -0.3 is 10.6 Å². The number of carbonyl (C=O) groups excluding carboxylic acids is 1. The molecule has 18 heavy (non-hydrogen) atoms. The van der Waals surface area contributed by atoms with Crippen LogP contribution in [0.25, 0.3) is 0 Å². The SMILES string of the molecule is CC1(C(=O)Nc2ccccn2)CCCNC1.Cl.Cl. The summed E-state index contributed by atoms with van der Waals surface area (Å²) in [5, 5.41) is 6.12. The summed E-state index contributed by atoms with van der Waals surface area (Å²) in [5.74, 6) is 0.678.